The van der Waals surface area contributed by atoms with Gasteiger partial charge in [-0.25, -0.2) is 0 Å². The van der Waals surface area contributed by atoms with Gasteiger partial charge < -0.3 is 23.8 Å². The Morgan fingerprint density at radius 2 is 1.72 bits per heavy atom. The Hall–Kier alpha value is -1.66. The molecule has 0 fully saturated rings. The van der Waals surface area contributed by atoms with E-state index in [-0.39, 0.29) is 6.79 Å². The highest BCUT2D eigenvalue weighted by Gasteiger charge is 2.48. The van der Waals surface area contributed by atoms with Crippen LogP contribution in [0.4, 0.5) is 0 Å². The van der Waals surface area contributed by atoms with E-state index in [2.05, 4.69) is 23.1 Å². The summed E-state index contributed by atoms with van der Waals surface area (Å²) in [6.45, 7) is 0.918. The number of benzene rings is 2. The summed E-state index contributed by atoms with van der Waals surface area (Å²) < 4.78 is 21.3. The molecule has 5 nitrogen and oxygen atoms in total. The number of fused-ring (bicyclic) bond motifs is 5. The van der Waals surface area contributed by atoms with Crippen LogP contribution in [0.5, 0.6) is 23.0 Å². The zero-order valence-corrected chi connectivity index (χ0v) is 23.4. The fourth-order valence-corrected chi connectivity index (χ4v) is 6.49. The van der Waals surface area contributed by atoms with E-state index in [0.29, 0.717) is 23.9 Å². The molecule has 0 spiro atoms. The van der Waals surface area contributed by atoms with Crippen molar-refractivity contribution in [3.05, 3.63) is 46.5 Å². The predicted octanol–water partition coefficient (Wildman–Crippen LogP) is 7.77. The van der Waals surface area contributed by atoms with Crippen molar-refractivity contribution < 1.29 is 18.9 Å². The second-order valence-corrected chi connectivity index (χ2v) is 11.9. The van der Waals surface area contributed by atoms with Crippen LogP contribution in [0, 0.1) is 0 Å². The van der Waals surface area contributed by atoms with Crippen molar-refractivity contribution in [2.45, 2.75) is 48.4 Å². The Morgan fingerprint density at radius 1 is 0.972 bits per heavy atom. The molecule has 0 saturated carbocycles. The molecule has 3 heterocycles. The SMILES string of the molecule is COc1ccc2c(c1OC)[C@H](C(Cl)(Cl)Cl)N1CCc3cc4c(cc3C1=C2CCCCCCCl)OCO4. The Bertz CT molecular complexity index is 1180. The summed E-state index contributed by atoms with van der Waals surface area (Å²) >= 11 is 26.1. The van der Waals surface area contributed by atoms with E-state index in [1.54, 1.807) is 14.2 Å². The lowest BCUT2D eigenvalue weighted by atomic mass is 9.80. The van der Waals surface area contributed by atoms with Gasteiger partial charge in [-0.15, -0.1) is 11.6 Å². The highest BCUT2D eigenvalue weighted by Crippen LogP contribution is 2.59. The summed E-state index contributed by atoms with van der Waals surface area (Å²) in [6.07, 6.45) is 5.89. The predicted molar refractivity (Wildman–Crippen MR) is 146 cm³/mol. The van der Waals surface area contributed by atoms with Crippen molar-refractivity contribution in [3.8, 4) is 23.0 Å². The third-order valence-corrected chi connectivity index (χ3v) is 8.05. The minimum atomic E-state index is -1.61. The van der Waals surface area contributed by atoms with E-state index >= 15 is 0 Å². The smallest absolute Gasteiger partial charge is 0.231 e. The Kier molecular flexibility index (Phi) is 7.65. The zero-order valence-electron chi connectivity index (χ0n) is 20.3. The molecule has 9 heteroatoms. The van der Waals surface area contributed by atoms with Crippen LogP contribution < -0.4 is 18.9 Å². The lowest BCUT2D eigenvalue weighted by molar-refractivity contribution is 0.174. The summed E-state index contributed by atoms with van der Waals surface area (Å²) in [5.41, 5.74) is 6.47. The largest absolute Gasteiger partial charge is 0.493 e. The van der Waals surface area contributed by atoms with Crippen LogP contribution in [0.1, 0.15) is 60.4 Å². The van der Waals surface area contributed by atoms with Crippen LogP contribution in [0.15, 0.2) is 24.3 Å². The third kappa shape index (κ3) is 4.57. The highest BCUT2D eigenvalue weighted by molar-refractivity contribution is 6.68. The average molecular weight is 573 g/mol. The molecule has 2 aromatic rings. The van der Waals surface area contributed by atoms with E-state index in [1.165, 1.54) is 11.1 Å². The van der Waals surface area contributed by atoms with E-state index < -0.39 is 9.83 Å². The normalized spacial score (nSPS) is 18.1. The number of hydrogen-bond acceptors (Lipinski definition) is 5. The van der Waals surface area contributed by atoms with Crippen LogP contribution in [0.3, 0.4) is 0 Å². The molecule has 0 bridgehead atoms. The average Bonchev–Trinajstić information content (AvgIpc) is 3.32. The van der Waals surface area contributed by atoms with Crippen LogP contribution in [0.2, 0.25) is 0 Å². The van der Waals surface area contributed by atoms with Crippen molar-refractivity contribution in [2.24, 2.45) is 0 Å². The number of rotatable bonds is 8. The summed E-state index contributed by atoms with van der Waals surface area (Å²) in [7, 11) is 3.25. The van der Waals surface area contributed by atoms with Crippen LogP contribution in [0.25, 0.3) is 11.3 Å². The van der Waals surface area contributed by atoms with Crippen LogP contribution >= 0.6 is 46.4 Å². The first-order valence-electron chi connectivity index (χ1n) is 12.2. The molecule has 194 valence electrons. The van der Waals surface area contributed by atoms with Gasteiger partial charge in [-0.2, -0.15) is 0 Å². The molecule has 36 heavy (non-hydrogen) atoms. The van der Waals surface area contributed by atoms with Crippen molar-refractivity contribution in [2.75, 3.05) is 33.4 Å². The van der Waals surface area contributed by atoms with Gasteiger partial charge >= 0.3 is 0 Å². The fourth-order valence-electron chi connectivity index (χ4n) is 5.62. The first kappa shape index (κ1) is 26.0. The molecule has 0 aromatic heterocycles. The Morgan fingerprint density at radius 3 is 2.42 bits per heavy atom. The zero-order chi connectivity index (χ0) is 25.4. The van der Waals surface area contributed by atoms with Gasteiger partial charge in [0.25, 0.3) is 0 Å². The minimum Gasteiger partial charge on any atom is -0.493 e. The molecule has 1 atom stereocenters. The van der Waals surface area contributed by atoms with Gasteiger partial charge in [0.1, 0.15) is 6.04 Å². The van der Waals surface area contributed by atoms with Crippen LogP contribution in [-0.2, 0) is 6.42 Å². The maximum absolute atomic E-state index is 6.73. The number of hydrogen-bond donors (Lipinski definition) is 0. The number of alkyl halides is 4. The van der Waals surface area contributed by atoms with Gasteiger partial charge in [-0.3, -0.25) is 0 Å². The molecule has 5 rings (SSSR count). The summed E-state index contributed by atoms with van der Waals surface area (Å²) in [4.78, 5) is 2.23. The number of allylic oxidation sites excluding steroid dienone is 1. The summed E-state index contributed by atoms with van der Waals surface area (Å²) in [5.74, 6) is 3.43. The third-order valence-electron chi connectivity index (χ3n) is 7.16. The molecule has 3 aliphatic heterocycles. The second kappa shape index (κ2) is 10.6. The topological polar surface area (TPSA) is 40.2 Å². The maximum Gasteiger partial charge on any atom is 0.231 e. The number of ether oxygens (including phenoxy) is 4. The van der Waals surface area contributed by atoms with Crippen molar-refractivity contribution in [3.63, 3.8) is 0 Å². The van der Waals surface area contributed by atoms with Gasteiger partial charge in [0.15, 0.2) is 23.0 Å². The van der Waals surface area contributed by atoms with Crippen molar-refractivity contribution >= 4 is 57.7 Å². The van der Waals surface area contributed by atoms with Crippen LogP contribution in [-0.4, -0.2) is 42.1 Å². The molecule has 2 aromatic carbocycles. The number of unbranched alkanes of at least 4 members (excludes halogenated alkanes) is 3. The lowest BCUT2D eigenvalue weighted by Gasteiger charge is -2.47. The van der Waals surface area contributed by atoms with E-state index in [4.69, 9.17) is 65.4 Å². The first-order valence-corrected chi connectivity index (χ1v) is 13.9. The summed E-state index contributed by atoms with van der Waals surface area (Å²) in [6, 6.07) is 7.61. The molecule has 3 aliphatic rings. The molecular formula is C27H29Cl4NO4. The molecule has 0 saturated heterocycles. The standard InChI is InChI=1S/C27H29Cl4NO4/c1-33-20-9-8-17-18(7-5-3-4-6-11-28)24-19-14-22-21(35-15-36-22)13-16(19)10-12-32(24)26(27(29,30)31)23(17)25(20)34-2/h8-9,13-14,26H,3-7,10-12,15H2,1-2H3/t26-/m1/s1. The van der Waals surface area contributed by atoms with Gasteiger partial charge in [0, 0.05) is 29.2 Å². The van der Waals surface area contributed by atoms with Gasteiger partial charge in [-0.1, -0.05) is 53.7 Å². The minimum absolute atomic E-state index is 0.227. The van der Waals surface area contributed by atoms with Gasteiger partial charge in [-0.05, 0) is 60.6 Å². The highest BCUT2D eigenvalue weighted by atomic mass is 35.6. The Balaban J connectivity index is 1.73. The number of halogens is 4. The Labute approximate surface area is 232 Å². The van der Waals surface area contributed by atoms with Gasteiger partial charge in [0.2, 0.25) is 10.6 Å². The summed E-state index contributed by atoms with van der Waals surface area (Å²) in [5, 5.41) is 0. The van der Waals surface area contributed by atoms with E-state index in [0.717, 1.165) is 72.4 Å². The monoisotopic (exact) mass is 571 g/mol. The number of methoxy groups -OCH3 is 2. The molecule has 0 amide bonds. The number of nitrogens with zero attached hydrogens (tertiary/aromatic N) is 1. The van der Waals surface area contributed by atoms with Crippen molar-refractivity contribution in [1.29, 1.82) is 0 Å². The second-order valence-electron chi connectivity index (χ2n) is 9.19. The lowest BCUT2D eigenvalue weighted by Crippen LogP contribution is -2.42. The van der Waals surface area contributed by atoms with Crippen molar-refractivity contribution in [1.82, 2.24) is 4.90 Å². The maximum atomic E-state index is 6.73. The molecule has 0 radical (unpaired) electrons. The molecule has 0 N–H and O–H groups in total. The van der Waals surface area contributed by atoms with E-state index in [1.807, 2.05) is 6.07 Å². The van der Waals surface area contributed by atoms with E-state index in [9.17, 15) is 0 Å². The molecular weight excluding hydrogens is 544 g/mol. The molecule has 0 aliphatic carbocycles. The first-order chi connectivity index (χ1) is 17.4. The molecule has 0 unspecified atom stereocenters. The van der Waals surface area contributed by atoms with Gasteiger partial charge in [0.05, 0.1) is 14.2 Å². The quantitative estimate of drug-likeness (QED) is 0.239. The fraction of sp³-hybridized carbons (Fsp3) is 0.481.